The van der Waals surface area contributed by atoms with Gasteiger partial charge in [-0.1, -0.05) is 30.3 Å². The lowest BCUT2D eigenvalue weighted by Crippen LogP contribution is -2.50. The van der Waals surface area contributed by atoms with Gasteiger partial charge in [-0.2, -0.15) is 13.2 Å². The number of benzene rings is 2. The zero-order valence-corrected chi connectivity index (χ0v) is 14.6. The van der Waals surface area contributed by atoms with Crippen LogP contribution in [-0.2, 0) is 25.6 Å². The van der Waals surface area contributed by atoms with E-state index in [1.807, 2.05) is 24.3 Å². The highest BCUT2D eigenvalue weighted by molar-refractivity contribution is 5.75. The summed E-state index contributed by atoms with van der Waals surface area (Å²) in [5, 5.41) is 2.94. The lowest BCUT2D eigenvalue weighted by atomic mass is 9.94. The second-order valence-electron chi connectivity index (χ2n) is 6.88. The molecule has 7 heteroatoms. The van der Waals surface area contributed by atoms with Gasteiger partial charge in [0, 0.05) is 13.1 Å². The Balaban J connectivity index is 1.43. The Bertz CT molecular complexity index is 867. The van der Waals surface area contributed by atoms with E-state index in [2.05, 4.69) is 5.32 Å². The van der Waals surface area contributed by atoms with E-state index in [9.17, 15) is 18.0 Å². The molecule has 2 aromatic rings. The van der Waals surface area contributed by atoms with E-state index in [0.29, 0.717) is 24.2 Å². The molecule has 0 saturated carbocycles. The summed E-state index contributed by atoms with van der Waals surface area (Å²) in [7, 11) is 0. The van der Waals surface area contributed by atoms with Gasteiger partial charge >= 0.3 is 12.2 Å². The van der Waals surface area contributed by atoms with Gasteiger partial charge in [0.05, 0.1) is 11.6 Å². The molecule has 0 aromatic heterocycles. The van der Waals surface area contributed by atoms with Crippen LogP contribution in [0, 0.1) is 0 Å². The number of fused-ring (bicyclic) bond motifs is 2. The molecule has 0 radical (unpaired) electrons. The number of hydrogen-bond acceptors (Lipinski definition) is 2. The molecule has 142 valence electrons. The Hall–Kier alpha value is -2.70. The quantitative estimate of drug-likeness (QED) is 0.823. The van der Waals surface area contributed by atoms with Gasteiger partial charge in [-0.3, -0.25) is 0 Å². The first kappa shape index (κ1) is 17.7. The Kier molecular flexibility index (Phi) is 4.45. The third-order valence-electron chi connectivity index (χ3n) is 5.07. The number of carbonyl (C=O) groups is 1. The summed E-state index contributed by atoms with van der Waals surface area (Å²) < 4.78 is 45.1. The summed E-state index contributed by atoms with van der Waals surface area (Å²) in [5.74, 6) is 0.828. The minimum absolute atomic E-state index is 0.157. The van der Waals surface area contributed by atoms with Crippen LogP contribution in [0.1, 0.15) is 22.3 Å². The van der Waals surface area contributed by atoms with E-state index in [4.69, 9.17) is 4.74 Å². The van der Waals surface area contributed by atoms with Crippen molar-refractivity contribution in [3.63, 3.8) is 0 Å². The summed E-state index contributed by atoms with van der Waals surface area (Å²) in [6, 6.07) is 11.4. The van der Waals surface area contributed by atoms with Gasteiger partial charge < -0.3 is 15.0 Å². The number of urea groups is 1. The number of nitrogens with zero attached hydrogens (tertiary/aromatic N) is 1. The van der Waals surface area contributed by atoms with Gasteiger partial charge in [0.15, 0.2) is 0 Å². The van der Waals surface area contributed by atoms with Gasteiger partial charge in [-0.05, 0) is 41.7 Å². The van der Waals surface area contributed by atoms with Gasteiger partial charge in [0.1, 0.15) is 12.4 Å². The monoisotopic (exact) mass is 376 g/mol. The van der Waals surface area contributed by atoms with Crippen LogP contribution in [-0.4, -0.2) is 30.1 Å². The highest BCUT2D eigenvalue weighted by atomic mass is 19.4. The van der Waals surface area contributed by atoms with E-state index in [1.54, 1.807) is 11.0 Å². The van der Waals surface area contributed by atoms with Crippen molar-refractivity contribution in [3.8, 4) is 5.75 Å². The Labute approximate surface area is 154 Å². The number of carbonyl (C=O) groups excluding carboxylic acids is 1. The second-order valence-corrected chi connectivity index (χ2v) is 6.88. The van der Waals surface area contributed by atoms with Crippen LogP contribution < -0.4 is 10.1 Å². The average molecular weight is 376 g/mol. The molecule has 1 N–H and O–H groups in total. The standard InChI is InChI=1S/C20H19F3N2O2/c21-20(22,23)17-6-3-5-14-11-25(9-8-16(14)17)19(26)24-15-10-13-4-1-2-7-18(13)27-12-15/h1-7,15H,8-12H2,(H,24,26). The van der Waals surface area contributed by atoms with Crippen molar-refractivity contribution in [2.45, 2.75) is 31.6 Å². The average Bonchev–Trinajstić information content (AvgIpc) is 2.66. The molecule has 2 heterocycles. The first-order chi connectivity index (χ1) is 12.9. The number of alkyl halides is 3. The molecule has 2 amide bonds. The van der Waals surface area contributed by atoms with E-state index in [0.717, 1.165) is 17.4 Å². The molecule has 1 atom stereocenters. The van der Waals surface area contributed by atoms with Gasteiger partial charge in [0.2, 0.25) is 0 Å². The third kappa shape index (κ3) is 3.59. The highest BCUT2D eigenvalue weighted by Gasteiger charge is 2.36. The summed E-state index contributed by atoms with van der Waals surface area (Å²) in [5.41, 5.74) is 1.28. The SMILES string of the molecule is O=C(NC1COc2ccccc2C1)N1CCc2c(cccc2C(F)(F)F)C1. The number of hydrogen-bond donors (Lipinski definition) is 1. The van der Waals surface area contributed by atoms with Gasteiger partial charge in [-0.15, -0.1) is 0 Å². The predicted octanol–water partition coefficient (Wildman–Crippen LogP) is 3.78. The molecule has 0 bridgehead atoms. The first-order valence-electron chi connectivity index (χ1n) is 8.86. The molecule has 1 unspecified atom stereocenters. The highest BCUT2D eigenvalue weighted by Crippen LogP contribution is 2.35. The molecule has 0 saturated heterocycles. The molecular weight excluding hydrogens is 357 g/mol. The molecule has 2 aromatic carbocycles. The Morgan fingerprint density at radius 3 is 2.70 bits per heavy atom. The lowest BCUT2D eigenvalue weighted by molar-refractivity contribution is -0.138. The lowest BCUT2D eigenvalue weighted by Gasteiger charge is -2.33. The number of ether oxygens (including phenoxy) is 1. The minimum atomic E-state index is -4.37. The van der Waals surface area contributed by atoms with E-state index in [-0.39, 0.29) is 31.6 Å². The molecule has 27 heavy (non-hydrogen) atoms. The van der Waals surface area contributed by atoms with Crippen LogP contribution in [0.5, 0.6) is 5.75 Å². The second kappa shape index (κ2) is 6.79. The number of para-hydroxylation sites is 1. The zero-order valence-electron chi connectivity index (χ0n) is 14.6. The number of amides is 2. The molecule has 4 rings (SSSR count). The van der Waals surface area contributed by atoms with Crippen molar-refractivity contribution >= 4 is 6.03 Å². The summed E-state index contributed by atoms with van der Waals surface area (Å²) in [6.45, 7) is 0.816. The topological polar surface area (TPSA) is 41.6 Å². The maximum Gasteiger partial charge on any atom is 0.416 e. The van der Waals surface area contributed by atoms with Crippen LogP contribution in [0.4, 0.5) is 18.0 Å². The maximum atomic E-state index is 13.2. The smallest absolute Gasteiger partial charge is 0.416 e. The molecule has 0 spiro atoms. The third-order valence-corrected chi connectivity index (χ3v) is 5.07. The molecular formula is C20H19F3N2O2. The van der Waals surface area contributed by atoms with Gasteiger partial charge in [0.25, 0.3) is 0 Å². The maximum absolute atomic E-state index is 13.2. The van der Waals surface area contributed by atoms with Crippen LogP contribution in [0.25, 0.3) is 0 Å². The Morgan fingerprint density at radius 1 is 1.11 bits per heavy atom. The van der Waals surface area contributed by atoms with E-state index >= 15 is 0 Å². The summed E-state index contributed by atoms with van der Waals surface area (Å²) in [6.07, 6.45) is -3.50. The van der Waals surface area contributed by atoms with Crippen LogP contribution >= 0.6 is 0 Å². The largest absolute Gasteiger partial charge is 0.491 e. The fourth-order valence-electron chi connectivity index (χ4n) is 3.74. The fourth-order valence-corrected chi connectivity index (χ4v) is 3.74. The van der Waals surface area contributed by atoms with Crippen molar-refractivity contribution in [2.75, 3.05) is 13.2 Å². The number of rotatable bonds is 1. The number of nitrogens with one attached hydrogen (secondary N) is 1. The van der Waals surface area contributed by atoms with Crippen molar-refractivity contribution in [1.82, 2.24) is 10.2 Å². The van der Waals surface area contributed by atoms with E-state index in [1.165, 1.54) is 6.07 Å². The molecule has 4 nitrogen and oxygen atoms in total. The van der Waals surface area contributed by atoms with Crippen LogP contribution in [0.2, 0.25) is 0 Å². The fraction of sp³-hybridized carbons (Fsp3) is 0.350. The van der Waals surface area contributed by atoms with Crippen LogP contribution in [0.15, 0.2) is 42.5 Å². The molecule has 0 aliphatic carbocycles. The number of halogens is 3. The normalized spacial score (nSPS) is 18.9. The van der Waals surface area contributed by atoms with Crippen LogP contribution in [0.3, 0.4) is 0 Å². The van der Waals surface area contributed by atoms with Crippen molar-refractivity contribution in [1.29, 1.82) is 0 Å². The van der Waals surface area contributed by atoms with Crippen molar-refractivity contribution < 1.29 is 22.7 Å². The van der Waals surface area contributed by atoms with E-state index < -0.39 is 11.7 Å². The summed E-state index contributed by atoms with van der Waals surface area (Å²) >= 11 is 0. The predicted molar refractivity (Wildman–Crippen MR) is 93.5 cm³/mol. The van der Waals surface area contributed by atoms with Crippen molar-refractivity contribution in [2.24, 2.45) is 0 Å². The minimum Gasteiger partial charge on any atom is -0.491 e. The Morgan fingerprint density at radius 2 is 1.89 bits per heavy atom. The summed E-state index contributed by atoms with van der Waals surface area (Å²) in [4.78, 5) is 14.2. The first-order valence-corrected chi connectivity index (χ1v) is 8.86. The molecule has 2 aliphatic rings. The molecule has 0 fully saturated rings. The zero-order chi connectivity index (χ0) is 19.0. The van der Waals surface area contributed by atoms with Crippen molar-refractivity contribution in [3.05, 3.63) is 64.7 Å². The van der Waals surface area contributed by atoms with Gasteiger partial charge in [-0.25, -0.2) is 4.79 Å². The molecule has 2 aliphatic heterocycles.